The van der Waals surface area contributed by atoms with Crippen LogP contribution in [0.15, 0.2) is 58.6 Å². The lowest BCUT2D eigenvalue weighted by Gasteiger charge is -2.33. The lowest BCUT2D eigenvalue weighted by molar-refractivity contribution is 0.312. The Morgan fingerprint density at radius 1 is 1.03 bits per heavy atom. The molecule has 2 aliphatic rings. The second kappa shape index (κ2) is 8.42. The van der Waals surface area contributed by atoms with E-state index in [4.69, 9.17) is 4.42 Å². The summed E-state index contributed by atoms with van der Waals surface area (Å²) in [6, 6.07) is 7.99. The van der Waals surface area contributed by atoms with Crippen LogP contribution in [0, 0.1) is 0 Å². The van der Waals surface area contributed by atoms with Crippen LogP contribution in [0.25, 0.3) is 22.6 Å². The molecule has 0 amide bonds. The first-order chi connectivity index (χ1) is 16.7. The number of aryl methyl sites for hydroxylation is 1. The van der Waals surface area contributed by atoms with Crippen molar-refractivity contribution in [2.45, 2.75) is 12.8 Å². The molecule has 9 nitrogen and oxygen atoms in total. The number of furan rings is 1. The largest absolute Gasteiger partial charge is 0.449 e. The molecule has 4 aromatic rings. The predicted molar refractivity (Wildman–Crippen MR) is 131 cm³/mol. The maximum absolute atomic E-state index is 9.22. The van der Waals surface area contributed by atoms with E-state index in [1.54, 1.807) is 12.4 Å². The zero-order valence-corrected chi connectivity index (χ0v) is 18.9. The zero-order valence-electron chi connectivity index (χ0n) is 18.9. The van der Waals surface area contributed by atoms with Gasteiger partial charge in [0.25, 0.3) is 0 Å². The van der Waals surface area contributed by atoms with E-state index in [0.717, 1.165) is 78.3 Å². The molecule has 172 valence electrons. The number of pyridine rings is 1. The minimum Gasteiger partial charge on any atom is -0.449 e. The predicted octanol–water partition coefficient (Wildman–Crippen LogP) is 3.90. The summed E-state index contributed by atoms with van der Waals surface area (Å²) in [5, 5.41) is 17.1. The number of anilines is 3. The van der Waals surface area contributed by atoms with Crippen LogP contribution in [0.1, 0.15) is 17.5 Å². The highest BCUT2D eigenvalue weighted by Gasteiger charge is 2.22. The van der Waals surface area contributed by atoms with Gasteiger partial charge in [-0.05, 0) is 43.7 Å². The smallest absolute Gasteiger partial charge is 0.198 e. The molecule has 0 radical (unpaired) electrons. The van der Waals surface area contributed by atoms with Gasteiger partial charge in [-0.15, -0.1) is 0 Å². The lowest BCUT2D eigenvalue weighted by Crippen LogP contribution is -2.44. The van der Waals surface area contributed by atoms with Gasteiger partial charge in [-0.1, -0.05) is 11.2 Å². The fourth-order valence-corrected chi connectivity index (χ4v) is 4.69. The topological polar surface area (TPSA) is 103 Å². The van der Waals surface area contributed by atoms with Crippen LogP contribution in [0.5, 0.6) is 0 Å². The number of likely N-dealkylation sites (N-methyl/N-ethyl adjacent to an activating group) is 1. The Balaban J connectivity index is 1.34. The summed E-state index contributed by atoms with van der Waals surface area (Å²) in [5.74, 6) is 1.10. The van der Waals surface area contributed by atoms with Crippen molar-refractivity contribution in [3.05, 3.63) is 60.2 Å². The number of aromatic nitrogens is 3. The minimum absolute atomic E-state index is 0.521. The first-order valence-corrected chi connectivity index (χ1v) is 11.4. The van der Waals surface area contributed by atoms with E-state index in [2.05, 4.69) is 48.3 Å². The van der Waals surface area contributed by atoms with Crippen molar-refractivity contribution in [1.82, 2.24) is 19.9 Å². The fourth-order valence-electron chi connectivity index (χ4n) is 4.69. The molecule has 1 aliphatic carbocycles. The van der Waals surface area contributed by atoms with Crippen molar-refractivity contribution < 1.29 is 9.62 Å². The van der Waals surface area contributed by atoms with Gasteiger partial charge >= 0.3 is 0 Å². The molecule has 34 heavy (non-hydrogen) atoms. The molecule has 1 saturated heterocycles. The third kappa shape index (κ3) is 3.63. The molecule has 9 heteroatoms. The van der Waals surface area contributed by atoms with Crippen molar-refractivity contribution in [2.24, 2.45) is 5.16 Å². The van der Waals surface area contributed by atoms with Crippen molar-refractivity contribution in [3.8, 4) is 11.6 Å². The SMILES string of the molecule is CN1CCN(c2cnc(-c3oc4cnccc4c3Nc3ccc4c(c3)CC/C4=N/O)nc2)CC1. The van der Waals surface area contributed by atoms with Crippen molar-refractivity contribution >= 4 is 33.7 Å². The number of piperazine rings is 1. The summed E-state index contributed by atoms with van der Waals surface area (Å²) in [4.78, 5) is 18.1. The van der Waals surface area contributed by atoms with Crippen LogP contribution in [-0.2, 0) is 6.42 Å². The Labute approximate surface area is 196 Å². The average Bonchev–Trinajstić information content (AvgIpc) is 3.46. The van der Waals surface area contributed by atoms with Crippen LogP contribution < -0.4 is 10.2 Å². The van der Waals surface area contributed by atoms with Crippen LogP contribution in [0.3, 0.4) is 0 Å². The number of hydrogen-bond donors (Lipinski definition) is 2. The van der Waals surface area contributed by atoms with Gasteiger partial charge in [0.2, 0.25) is 0 Å². The van der Waals surface area contributed by atoms with Gasteiger partial charge in [-0.3, -0.25) is 4.98 Å². The van der Waals surface area contributed by atoms with E-state index in [1.807, 2.05) is 30.6 Å². The standard InChI is InChI=1S/C25H25N7O2/c1-31-8-10-32(11-9-31)18-13-27-25(28-14-18)24-23(20-6-7-26-15-22(20)34-24)29-17-3-4-19-16(12-17)2-5-21(19)30-33/h3-4,6-7,12-15,29,33H,2,5,8-11H2,1H3/b30-21-. The third-order valence-corrected chi connectivity index (χ3v) is 6.64. The van der Waals surface area contributed by atoms with E-state index in [9.17, 15) is 5.21 Å². The van der Waals surface area contributed by atoms with E-state index >= 15 is 0 Å². The summed E-state index contributed by atoms with van der Waals surface area (Å²) in [6.07, 6.45) is 8.78. The van der Waals surface area contributed by atoms with E-state index in [1.165, 1.54) is 0 Å². The molecule has 1 fully saturated rings. The number of rotatable bonds is 4. The number of nitrogens with one attached hydrogen (secondary N) is 1. The normalized spacial score (nSPS) is 17.4. The monoisotopic (exact) mass is 455 g/mol. The maximum Gasteiger partial charge on any atom is 0.198 e. The van der Waals surface area contributed by atoms with E-state index in [0.29, 0.717) is 17.2 Å². The summed E-state index contributed by atoms with van der Waals surface area (Å²) < 4.78 is 6.16. The quantitative estimate of drug-likeness (QED) is 0.353. The summed E-state index contributed by atoms with van der Waals surface area (Å²) in [5.41, 5.74) is 6.30. The summed E-state index contributed by atoms with van der Waals surface area (Å²) in [7, 11) is 2.14. The molecule has 6 rings (SSSR count). The van der Waals surface area contributed by atoms with Gasteiger partial charge < -0.3 is 24.7 Å². The number of hydrogen-bond acceptors (Lipinski definition) is 9. The second-order valence-electron chi connectivity index (χ2n) is 8.78. The Morgan fingerprint density at radius 3 is 2.65 bits per heavy atom. The molecule has 0 saturated carbocycles. The molecule has 0 spiro atoms. The van der Waals surface area contributed by atoms with Crippen LogP contribution in [-0.4, -0.2) is 64.0 Å². The van der Waals surface area contributed by atoms with Gasteiger partial charge in [-0.2, -0.15) is 0 Å². The number of benzene rings is 1. The highest BCUT2D eigenvalue weighted by atomic mass is 16.4. The number of nitrogens with zero attached hydrogens (tertiary/aromatic N) is 6. The van der Waals surface area contributed by atoms with Crippen molar-refractivity contribution in [2.75, 3.05) is 43.4 Å². The Hall–Kier alpha value is -3.98. The van der Waals surface area contributed by atoms with Crippen LogP contribution in [0.2, 0.25) is 0 Å². The van der Waals surface area contributed by atoms with E-state index in [-0.39, 0.29) is 0 Å². The maximum atomic E-state index is 9.22. The lowest BCUT2D eigenvalue weighted by atomic mass is 10.1. The summed E-state index contributed by atoms with van der Waals surface area (Å²) in [6.45, 7) is 3.98. The molecule has 0 unspecified atom stereocenters. The molecular weight excluding hydrogens is 430 g/mol. The average molecular weight is 456 g/mol. The van der Waals surface area contributed by atoms with Crippen molar-refractivity contribution in [3.63, 3.8) is 0 Å². The molecule has 4 heterocycles. The second-order valence-corrected chi connectivity index (χ2v) is 8.78. The number of fused-ring (bicyclic) bond motifs is 2. The van der Waals surface area contributed by atoms with Crippen LogP contribution >= 0.6 is 0 Å². The molecule has 0 atom stereocenters. The van der Waals surface area contributed by atoms with Gasteiger partial charge in [0.15, 0.2) is 17.2 Å². The summed E-state index contributed by atoms with van der Waals surface area (Å²) >= 11 is 0. The van der Waals surface area contributed by atoms with Gasteiger partial charge in [0.1, 0.15) is 0 Å². The molecular formula is C25H25N7O2. The zero-order chi connectivity index (χ0) is 23.1. The van der Waals surface area contributed by atoms with E-state index < -0.39 is 0 Å². The van der Waals surface area contributed by atoms with Crippen LogP contribution in [0.4, 0.5) is 17.1 Å². The number of oxime groups is 1. The molecule has 1 aromatic carbocycles. The highest BCUT2D eigenvalue weighted by molar-refractivity contribution is 6.05. The van der Waals surface area contributed by atoms with Gasteiger partial charge in [-0.25, -0.2) is 9.97 Å². The van der Waals surface area contributed by atoms with Gasteiger partial charge in [0.05, 0.1) is 35.7 Å². The fraction of sp³-hybridized carbons (Fsp3) is 0.280. The first-order valence-electron chi connectivity index (χ1n) is 11.4. The Kier molecular flexibility index (Phi) is 5.10. The Morgan fingerprint density at radius 2 is 1.85 bits per heavy atom. The minimum atomic E-state index is 0.521. The molecule has 3 aromatic heterocycles. The molecule has 2 N–H and O–H groups in total. The van der Waals surface area contributed by atoms with Gasteiger partial charge in [0, 0.05) is 49.0 Å². The molecule has 0 bridgehead atoms. The molecule has 1 aliphatic heterocycles. The Bertz CT molecular complexity index is 1370. The third-order valence-electron chi connectivity index (χ3n) is 6.64. The highest BCUT2D eigenvalue weighted by Crippen LogP contribution is 2.39. The first kappa shape index (κ1) is 20.6. The van der Waals surface area contributed by atoms with Crippen molar-refractivity contribution in [1.29, 1.82) is 0 Å².